The molecule has 0 radical (unpaired) electrons. The maximum absolute atomic E-state index is 13.6. The first-order chi connectivity index (χ1) is 16.5. The van der Waals surface area contributed by atoms with E-state index in [2.05, 4.69) is 9.50 Å². The van der Waals surface area contributed by atoms with Crippen LogP contribution in [0.3, 0.4) is 0 Å². The van der Waals surface area contributed by atoms with Crippen LogP contribution in [0.4, 0.5) is 8.78 Å². The van der Waals surface area contributed by atoms with Crippen LogP contribution in [0.1, 0.15) is 53.3 Å². The number of aromatic nitrogens is 1. The van der Waals surface area contributed by atoms with Crippen LogP contribution < -0.4 is 15.5 Å². The van der Waals surface area contributed by atoms with Crippen molar-refractivity contribution in [3.8, 4) is 16.9 Å². The Morgan fingerprint density at radius 3 is 2.56 bits per heavy atom. The zero-order valence-corrected chi connectivity index (χ0v) is 20.2. The van der Waals surface area contributed by atoms with Gasteiger partial charge in [0.25, 0.3) is 0 Å². The van der Waals surface area contributed by atoms with Crippen LogP contribution in [-0.4, -0.2) is 37.3 Å². The van der Waals surface area contributed by atoms with E-state index in [9.17, 15) is 26.8 Å². The van der Waals surface area contributed by atoms with E-state index in [0.29, 0.717) is 36.8 Å². The molecular weight excluding hydrogens is 498 g/mol. The van der Waals surface area contributed by atoms with Gasteiger partial charge in [-0.25, -0.2) is 4.79 Å². The highest BCUT2D eigenvalue weighted by Gasteiger charge is 2.31. The molecule has 1 saturated carbocycles. The number of nitrogens with zero attached hydrogens (tertiary/aromatic N) is 1. The number of fused-ring (bicyclic) bond motifs is 2. The SMILES string of the molecule is C[C@H]1NCc2cc(-c3ccc4c(=O)c(C(=O)OS(C)(=O)=O)cn(C5CC5)c4c3OC(F)F)ccc21.O. The van der Waals surface area contributed by atoms with Gasteiger partial charge in [-0.2, -0.15) is 17.2 Å². The van der Waals surface area contributed by atoms with Crippen molar-refractivity contribution in [1.82, 2.24) is 9.88 Å². The Hall–Kier alpha value is -3.35. The lowest BCUT2D eigenvalue weighted by Gasteiger charge is -2.19. The van der Waals surface area contributed by atoms with Gasteiger partial charge in [-0.15, -0.1) is 0 Å². The molecule has 3 aromatic rings. The second-order valence-electron chi connectivity index (χ2n) is 8.82. The molecule has 1 aliphatic carbocycles. The molecule has 0 saturated heterocycles. The normalized spacial score (nSPS) is 17.1. The van der Waals surface area contributed by atoms with Crippen molar-refractivity contribution in [3.63, 3.8) is 0 Å². The van der Waals surface area contributed by atoms with E-state index in [1.54, 1.807) is 0 Å². The van der Waals surface area contributed by atoms with Crippen molar-refractivity contribution >= 4 is 27.0 Å². The molecule has 0 bridgehead atoms. The van der Waals surface area contributed by atoms with Crippen molar-refractivity contribution in [2.45, 2.75) is 45.0 Å². The van der Waals surface area contributed by atoms with Gasteiger partial charge in [-0.1, -0.05) is 12.1 Å². The smallest absolute Gasteiger partial charge is 0.387 e. The topological polar surface area (TPSA) is 135 Å². The summed E-state index contributed by atoms with van der Waals surface area (Å²) in [6, 6.07) is 8.61. The Kier molecular flexibility index (Phi) is 6.62. The van der Waals surface area contributed by atoms with Gasteiger partial charge in [0.2, 0.25) is 5.43 Å². The van der Waals surface area contributed by atoms with Crippen molar-refractivity contribution in [2.24, 2.45) is 0 Å². The molecular formula is C24H24F2N2O7S. The summed E-state index contributed by atoms with van der Waals surface area (Å²) in [5.41, 5.74) is 1.98. The number of halogens is 2. The average Bonchev–Trinajstić information content (AvgIpc) is 3.55. The maximum atomic E-state index is 13.6. The molecule has 1 fully saturated rings. The molecule has 3 N–H and O–H groups in total. The molecule has 1 aliphatic heterocycles. The zero-order chi connectivity index (χ0) is 25.1. The molecule has 1 atom stereocenters. The molecule has 192 valence electrons. The lowest BCUT2D eigenvalue weighted by Crippen LogP contribution is -2.23. The number of benzene rings is 2. The Morgan fingerprint density at radius 1 is 1.19 bits per heavy atom. The van der Waals surface area contributed by atoms with Crippen LogP contribution in [0.15, 0.2) is 41.3 Å². The molecule has 2 aliphatic rings. The minimum atomic E-state index is -4.16. The van der Waals surface area contributed by atoms with Crippen LogP contribution >= 0.6 is 0 Å². The predicted molar refractivity (Wildman–Crippen MR) is 128 cm³/mol. The third-order valence-electron chi connectivity index (χ3n) is 6.26. The van der Waals surface area contributed by atoms with Crippen molar-refractivity contribution in [1.29, 1.82) is 0 Å². The van der Waals surface area contributed by atoms with E-state index in [4.69, 9.17) is 4.74 Å². The Balaban J connectivity index is 0.00000304. The third kappa shape index (κ3) is 4.71. The van der Waals surface area contributed by atoms with Crippen LogP contribution in [0.2, 0.25) is 0 Å². The standard InChI is InChI=1S/C24H22F2N2O6S.H2O/c1-12-16-6-3-13(9-14(16)10-27-12)17-7-8-18-20(22(17)33-24(25)26)28(15-4-5-15)11-19(21(18)29)23(30)34-35(2,31)32;/h3,6-9,11-12,15,24,27H,4-5,10H2,1-2H3;1H2/t12-;/m1./s1. The molecule has 12 heteroatoms. The summed E-state index contributed by atoms with van der Waals surface area (Å²) >= 11 is 0. The van der Waals surface area contributed by atoms with Gasteiger partial charge in [0.15, 0.2) is 5.75 Å². The molecule has 9 nitrogen and oxygen atoms in total. The number of ether oxygens (including phenoxy) is 1. The molecule has 0 spiro atoms. The number of alkyl halides is 2. The Bertz CT molecular complexity index is 1530. The molecule has 5 rings (SSSR count). The van der Waals surface area contributed by atoms with E-state index in [1.165, 1.54) is 22.9 Å². The van der Waals surface area contributed by atoms with Gasteiger partial charge in [0.05, 0.1) is 17.2 Å². The summed E-state index contributed by atoms with van der Waals surface area (Å²) in [6.07, 6.45) is 3.25. The Labute approximate surface area is 205 Å². The summed E-state index contributed by atoms with van der Waals surface area (Å²) in [5, 5.41) is 3.28. The first-order valence-corrected chi connectivity index (χ1v) is 12.8. The van der Waals surface area contributed by atoms with Gasteiger partial charge in [0.1, 0.15) is 5.56 Å². The van der Waals surface area contributed by atoms with Crippen LogP contribution in [0, 0.1) is 0 Å². The second-order valence-corrected chi connectivity index (χ2v) is 10.4. The van der Waals surface area contributed by atoms with Crippen molar-refractivity contribution in [3.05, 3.63) is 63.4 Å². The monoisotopic (exact) mass is 522 g/mol. The van der Waals surface area contributed by atoms with Gasteiger partial charge in [-0.05, 0) is 54.7 Å². The van der Waals surface area contributed by atoms with Crippen molar-refractivity contribution < 1.29 is 36.4 Å². The Morgan fingerprint density at radius 2 is 1.92 bits per heavy atom. The molecule has 2 heterocycles. The fraction of sp³-hybridized carbons (Fsp3) is 0.333. The number of hydrogen-bond donors (Lipinski definition) is 1. The number of nitrogens with one attached hydrogen (secondary N) is 1. The second kappa shape index (κ2) is 9.26. The highest BCUT2D eigenvalue weighted by Crippen LogP contribution is 2.44. The lowest BCUT2D eigenvalue weighted by atomic mass is 9.96. The van der Waals surface area contributed by atoms with E-state index in [0.717, 1.165) is 11.1 Å². The highest BCUT2D eigenvalue weighted by atomic mass is 32.2. The summed E-state index contributed by atoms with van der Waals surface area (Å²) in [4.78, 5) is 25.6. The van der Waals surface area contributed by atoms with E-state index < -0.39 is 33.7 Å². The summed E-state index contributed by atoms with van der Waals surface area (Å²) < 4.78 is 61.0. The van der Waals surface area contributed by atoms with Crippen molar-refractivity contribution in [2.75, 3.05) is 6.26 Å². The van der Waals surface area contributed by atoms with Gasteiger partial charge < -0.3 is 24.3 Å². The summed E-state index contributed by atoms with van der Waals surface area (Å²) in [7, 11) is -4.16. The minimum absolute atomic E-state index is 0. The average molecular weight is 523 g/mol. The predicted octanol–water partition coefficient (Wildman–Crippen LogP) is 3.06. The zero-order valence-electron chi connectivity index (χ0n) is 19.4. The number of pyridine rings is 1. The largest absolute Gasteiger partial charge is 0.432 e. The number of carbonyl (C=O) groups is 1. The van der Waals surface area contributed by atoms with Crippen LogP contribution in [0.5, 0.6) is 5.75 Å². The first kappa shape index (κ1) is 25.7. The minimum Gasteiger partial charge on any atom is -0.432 e. The quantitative estimate of drug-likeness (QED) is 0.492. The maximum Gasteiger partial charge on any atom is 0.387 e. The molecule has 0 amide bonds. The van der Waals surface area contributed by atoms with E-state index in [1.807, 2.05) is 25.1 Å². The number of rotatable bonds is 6. The van der Waals surface area contributed by atoms with Gasteiger partial charge >= 0.3 is 22.7 Å². The van der Waals surface area contributed by atoms with Gasteiger partial charge in [0, 0.05) is 30.4 Å². The van der Waals surface area contributed by atoms with Crippen LogP contribution in [0.25, 0.3) is 22.0 Å². The van der Waals surface area contributed by atoms with E-state index in [-0.39, 0.29) is 34.2 Å². The summed E-state index contributed by atoms with van der Waals surface area (Å²) in [5.74, 6) is -1.50. The van der Waals surface area contributed by atoms with Crippen LogP contribution in [-0.2, 0) is 20.8 Å². The van der Waals surface area contributed by atoms with Gasteiger partial charge in [-0.3, -0.25) is 4.79 Å². The fourth-order valence-corrected chi connectivity index (χ4v) is 4.91. The number of hydrogen-bond acceptors (Lipinski definition) is 7. The molecule has 36 heavy (non-hydrogen) atoms. The lowest BCUT2D eigenvalue weighted by molar-refractivity contribution is -0.0486. The molecule has 2 aromatic carbocycles. The summed E-state index contributed by atoms with van der Waals surface area (Å²) in [6.45, 7) is -0.483. The number of carbonyl (C=O) groups excluding carboxylic acids is 1. The van der Waals surface area contributed by atoms with E-state index >= 15 is 0 Å². The molecule has 0 unspecified atom stereocenters. The third-order valence-corrected chi connectivity index (χ3v) is 6.71. The first-order valence-electron chi connectivity index (χ1n) is 11.0. The highest BCUT2D eigenvalue weighted by molar-refractivity contribution is 7.86. The fourth-order valence-electron chi connectivity index (χ4n) is 4.54. The molecule has 1 aromatic heterocycles.